The van der Waals surface area contributed by atoms with Crippen LogP contribution in [0.4, 0.5) is 0 Å². The standard InChI is InChI=1S/C20H23NS/c1-14-3-5-17-16(13-14)4-6-19-18(9-12-22-19)20(17)15-7-10-21(2)11-8-15/h3,5,9,12-13H,4,6-8,10-11H2,1-2H3. The summed E-state index contributed by atoms with van der Waals surface area (Å²) in [7, 11) is 2.24. The fraction of sp³-hybridized carbons (Fsp3) is 0.400. The minimum atomic E-state index is 1.18. The third-order valence-electron chi connectivity index (χ3n) is 5.11. The van der Waals surface area contributed by atoms with Crippen LogP contribution in [0.1, 0.15) is 40.0 Å². The SMILES string of the molecule is Cc1ccc2c(c1)CCc1sccc1C2=C1CCN(C)CC1. The van der Waals surface area contributed by atoms with E-state index in [1.807, 2.05) is 11.3 Å². The van der Waals surface area contributed by atoms with Crippen molar-refractivity contribution in [1.29, 1.82) is 0 Å². The van der Waals surface area contributed by atoms with Crippen LogP contribution in [0.5, 0.6) is 0 Å². The molecule has 1 aromatic heterocycles. The highest BCUT2D eigenvalue weighted by atomic mass is 32.1. The highest BCUT2D eigenvalue weighted by molar-refractivity contribution is 7.10. The summed E-state index contributed by atoms with van der Waals surface area (Å²) in [6.07, 6.45) is 4.81. The zero-order chi connectivity index (χ0) is 15.1. The first-order valence-electron chi connectivity index (χ1n) is 8.29. The van der Waals surface area contributed by atoms with Crippen LogP contribution in [0, 0.1) is 6.92 Å². The van der Waals surface area contributed by atoms with Gasteiger partial charge in [-0.15, -0.1) is 11.3 Å². The molecule has 0 saturated carbocycles. The molecule has 2 aromatic rings. The molecule has 0 N–H and O–H groups in total. The van der Waals surface area contributed by atoms with Crippen molar-refractivity contribution in [3.63, 3.8) is 0 Å². The van der Waals surface area contributed by atoms with E-state index in [1.165, 1.54) is 55.5 Å². The van der Waals surface area contributed by atoms with Gasteiger partial charge in [-0.3, -0.25) is 0 Å². The van der Waals surface area contributed by atoms with Crippen LogP contribution in [-0.4, -0.2) is 25.0 Å². The molecule has 1 aliphatic heterocycles. The van der Waals surface area contributed by atoms with Gasteiger partial charge in [0.2, 0.25) is 0 Å². The quantitative estimate of drug-likeness (QED) is 0.683. The van der Waals surface area contributed by atoms with Crippen molar-refractivity contribution in [2.45, 2.75) is 32.6 Å². The fourth-order valence-electron chi connectivity index (χ4n) is 3.84. The van der Waals surface area contributed by atoms with Gasteiger partial charge in [-0.2, -0.15) is 0 Å². The average Bonchev–Trinajstić information content (AvgIpc) is 2.92. The lowest BCUT2D eigenvalue weighted by Gasteiger charge is -2.27. The van der Waals surface area contributed by atoms with Gasteiger partial charge < -0.3 is 4.90 Å². The second kappa shape index (κ2) is 5.68. The lowest BCUT2D eigenvalue weighted by Crippen LogP contribution is -2.27. The van der Waals surface area contributed by atoms with E-state index in [4.69, 9.17) is 0 Å². The number of likely N-dealkylation sites (tertiary alicyclic amines) is 1. The Morgan fingerprint density at radius 1 is 0.955 bits per heavy atom. The van der Waals surface area contributed by atoms with Gasteiger partial charge in [0.25, 0.3) is 0 Å². The van der Waals surface area contributed by atoms with E-state index < -0.39 is 0 Å². The fourth-order valence-corrected chi connectivity index (χ4v) is 4.73. The number of piperidine rings is 1. The number of fused-ring (bicyclic) bond motifs is 2. The number of rotatable bonds is 0. The van der Waals surface area contributed by atoms with E-state index in [0.29, 0.717) is 0 Å². The van der Waals surface area contributed by atoms with Crippen molar-refractivity contribution in [3.05, 3.63) is 62.3 Å². The first kappa shape index (κ1) is 14.2. The third kappa shape index (κ3) is 2.45. The van der Waals surface area contributed by atoms with E-state index in [-0.39, 0.29) is 0 Å². The number of hydrogen-bond acceptors (Lipinski definition) is 2. The van der Waals surface area contributed by atoms with Crippen molar-refractivity contribution in [2.75, 3.05) is 20.1 Å². The molecule has 0 spiro atoms. The molecule has 0 unspecified atom stereocenters. The van der Waals surface area contributed by atoms with E-state index >= 15 is 0 Å². The molecular weight excluding hydrogens is 286 g/mol. The van der Waals surface area contributed by atoms with Gasteiger partial charge in [-0.1, -0.05) is 29.3 Å². The molecule has 0 bridgehead atoms. The first-order chi connectivity index (χ1) is 10.7. The number of benzene rings is 1. The number of hydrogen-bond donors (Lipinski definition) is 0. The number of thiophene rings is 1. The van der Waals surface area contributed by atoms with Crippen molar-refractivity contribution >= 4 is 16.9 Å². The van der Waals surface area contributed by atoms with Crippen LogP contribution in [0.3, 0.4) is 0 Å². The van der Waals surface area contributed by atoms with Crippen LogP contribution >= 0.6 is 11.3 Å². The molecule has 1 fully saturated rings. The summed E-state index contributed by atoms with van der Waals surface area (Å²) in [6.45, 7) is 4.60. The molecule has 1 saturated heterocycles. The second-order valence-electron chi connectivity index (χ2n) is 6.70. The molecule has 22 heavy (non-hydrogen) atoms. The lowest BCUT2D eigenvalue weighted by atomic mass is 9.87. The van der Waals surface area contributed by atoms with E-state index in [0.717, 1.165) is 0 Å². The second-order valence-corrected chi connectivity index (χ2v) is 7.70. The molecule has 0 atom stereocenters. The molecular formula is C20H23NS. The summed E-state index contributed by atoms with van der Waals surface area (Å²) in [5.41, 5.74) is 9.19. The monoisotopic (exact) mass is 309 g/mol. The summed E-state index contributed by atoms with van der Waals surface area (Å²) in [6, 6.07) is 9.42. The van der Waals surface area contributed by atoms with Gasteiger partial charge in [-0.25, -0.2) is 0 Å². The van der Waals surface area contributed by atoms with Gasteiger partial charge in [0.05, 0.1) is 0 Å². The molecule has 0 radical (unpaired) electrons. The number of nitrogens with zero attached hydrogens (tertiary/aromatic N) is 1. The van der Waals surface area contributed by atoms with E-state index in [1.54, 1.807) is 21.6 Å². The van der Waals surface area contributed by atoms with Gasteiger partial charge in [0, 0.05) is 18.0 Å². The maximum absolute atomic E-state index is 2.45. The van der Waals surface area contributed by atoms with Gasteiger partial charge >= 0.3 is 0 Å². The zero-order valence-electron chi connectivity index (χ0n) is 13.5. The predicted molar refractivity (Wildman–Crippen MR) is 95.7 cm³/mol. The molecule has 1 aliphatic carbocycles. The normalized spacial score (nSPS) is 18.8. The molecule has 1 nitrogen and oxygen atoms in total. The molecule has 1 aromatic carbocycles. The van der Waals surface area contributed by atoms with Crippen LogP contribution in [0.2, 0.25) is 0 Å². The Hall–Kier alpha value is -1.38. The third-order valence-corrected chi connectivity index (χ3v) is 6.09. The van der Waals surface area contributed by atoms with E-state index in [2.05, 4.69) is 48.5 Å². The molecule has 2 heterocycles. The van der Waals surface area contributed by atoms with Crippen LogP contribution in [0.15, 0.2) is 35.2 Å². The Morgan fingerprint density at radius 3 is 2.59 bits per heavy atom. The van der Waals surface area contributed by atoms with Gasteiger partial charge in [0.1, 0.15) is 0 Å². The molecule has 2 heteroatoms. The Labute approximate surface area is 137 Å². The minimum absolute atomic E-state index is 1.18. The van der Waals surface area contributed by atoms with Crippen molar-refractivity contribution < 1.29 is 0 Å². The molecule has 2 aliphatic rings. The molecule has 114 valence electrons. The highest BCUT2D eigenvalue weighted by Gasteiger charge is 2.23. The van der Waals surface area contributed by atoms with Gasteiger partial charge in [-0.05, 0) is 73.4 Å². The first-order valence-corrected chi connectivity index (χ1v) is 9.17. The largest absolute Gasteiger partial charge is 0.306 e. The highest BCUT2D eigenvalue weighted by Crippen LogP contribution is 2.40. The van der Waals surface area contributed by atoms with Crippen molar-refractivity contribution in [2.24, 2.45) is 0 Å². The Kier molecular flexibility index (Phi) is 3.67. The summed E-state index contributed by atoms with van der Waals surface area (Å²) in [4.78, 5) is 4.03. The Balaban J connectivity index is 1.92. The van der Waals surface area contributed by atoms with Crippen LogP contribution < -0.4 is 0 Å². The summed E-state index contributed by atoms with van der Waals surface area (Å²) in [5, 5.41) is 2.28. The average molecular weight is 309 g/mol. The van der Waals surface area contributed by atoms with E-state index in [9.17, 15) is 0 Å². The van der Waals surface area contributed by atoms with Crippen molar-refractivity contribution in [1.82, 2.24) is 4.90 Å². The number of aryl methyl sites for hydroxylation is 3. The van der Waals surface area contributed by atoms with Gasteiger partial charge in [0.15, 0.2) is 0 Å². The topological polar surface area (TPSA) is 3.24 Å². The summed E-state index contributed by atoms with van der Waals surface area (Å²) >= 11 is 1.94. The molecule has 0 amide bonds. The summed E-state index contributed by atoms with van der Waals surface area (Å²) in [5.74, 6) is 0. The maximum Gasteiger partial charge on any atom is 0.0127 e. The Morgan fingerprint density at radius 2 is 1.77 bits per heavy atom. The predicted octanol–water partition coefficient (Wildman–Crippen LogP) is 4.68. The maximum atomic E-state index is 2.45. The van der Waals surface area contributed by atoms with Crippen molar-refractivity contribution in [3.8, 4) is 0 Å². The van der Waals surface area contributed by atoms with Crippen LogP contribution in [-0.2, 0) is 12.8 Å². The van der Waals surface area contributed by atoms with Crippen LogP contribution in [0.25, 0.3) is 5.57 Å². The Bertz CT molecular complexity index is 728. The lowest BCUT2D eigenvalue weighted by molar-refractivity contribution is 0.313. The molecule has 4 rings (SSSR count). The smallest absolute Gasteiger partial charge is 0.0127 e. The minimum Gasteiger partial charge on any atom is -0.306 e. The summed E-state index contributed by atoms with van der Waals surface area (Å²) < 4.78 is 0. The zero-order valence-corrected chi connectivity index (χ0v) is 14.3.